The molecule has 0 atom stereocenters. The van der Waals surface area contributed by atoms with Crippen molar-refractivity contribution in [2.45, 2.75) is 13.5 Å². The lowest BCUT2D eigenvalue weighted by atomic mass is 10.2. The molecule has 27 heavy (non-hydrogen) atoms. The second-order valence-electron chi connectivity index (χ2n) is 5.73. The summed E-state index contributed by atoms with van der Waals surface area (Å²) in [5.74, 6) is 0.191. The number of non-ortho nitro benzene ring substituents is 1. The Hall–Kier alpha value is -3.81. The third-order valence-electron chi connectivity index (χ3n) is 3.79. The summed E-state index contributed by atoms with van der Waals surface area (Å²) < 4.78 is 11.1. The van der Waals surface area contributed by atoms with E-state index in [1.165, 1.54) is 18.2 Å². The van der Waals surface area contributed by atoms with Crippen LogP contribution in [0.1, 0.15) is 21.9 Å². The van der Waals surface area contributed by atoms with Crippen LogP contribution in [0.2, 0.25) is 0 Å². The number of benzene rings is 2. The van der Waals surface area contributed by atoms with Crippen LogP contribution < -0.4 is 10.1 Å². The van der Waals surface area contributed by atoms with Gasteiger partial charge in [-0.15, -0.1) is 0 Å². The second kappa shape index (κ2) is 7.61. The first-order valence-electron chi connectivity index (χ1n) is 8.00. The van der Waals surface area contributed by atoms with Gasteiger partial charge in [0.25, 0.3) is 11.6 Å². The van der Waals surface area contributed by atoms with E-state index in [2.05, 4.69) is 5.32 Å². The molecular weight excluding hydrogens is 352 g/mol. The molecular formula is C19H16N2O6. The standard InChI is InChI=1S/C19H16N2O6/c1-12-4-2-3-5-17(12)26-11-14-7-9-18(27-14)19(23)20-15-8-6-13(21(24)25)10-16(15)22/h2-10,22H,11H2,1H3,(H,20,23). The van der Waals surface area contributed by atoms with Gasteiger partial charge in [0.15, 0.2) is 5.76 Å². The number of nitrogens with one attached hydrogen (secondary N) is 1. The summed E-state index contributed by atoms with van der Waals surface area (Å²) in [5, 5.41) is 22.9. The Balaban J connectivity index is 1.65. The summed E-state index contributed by atoms with van der Waals surface area (Å²) in [5.41, 5.74) is 0.745. The first-order chi connectivity index (χ1) is 12.9. The van der Waals surface area contributed by atoms with Crippen molar-refractivity contribution in [2.24, 2.45) is 0 Å². The van der Waals surface area contributed by atoms with Gasteiger partial charge in [0, 0.05) is 6.07 Å². The number of aryl methyl sites for hydroxylation is 1. The summed E-state index contributed by atoms with van der Waals surface area (Å²) in [6, 6.07) is 14.0. The maximum atomic E-state index is 12.2. The third kappa shape index (κ3) is 4.24. The average molecular weight is 368 g/mol. The number of nitro groups is 1. The Kier molecular flexibility index (Phi) is 5.07. The molecule has 0 saturated heterocycles. The summed E-state index contributed by atoms with van der Waals surface area (Å²) in [7, 11) is 0. The van der Waals surface area contributed by atoms with Gasteiger partial charge in [-0.2, -0.15) is 0 Å². The lowest BCUT2D eigenvalue weighted by Crippen LogP contribution is -2.11. The molecule has 2 aromatic carbocycles. The highest BCUT2D eigenvalue weighted by Crippen LogP contribution is 2.28. The molecule has 0 spiro atoms. The van der Waals surface area contributed by atoms with Crippen molar-refractivity contribution < 1.29 is 24.0 Å². The Morgan fingerprint density at radius 3 is 2.70 bits per heavy atom. The van der Waals surface area contributed by atoms with Crippen molar-refractivity contribution in [3.8, 4) is 11.5 Å². The third-order valence-corrected chi connectivity index (χ3v) is 3.79. The Morgan fingerprint density at radius 1 is 1.22 bits per heavy atom. The molecule has 0 aliphatic rings. The first-order valence-corrected chi connectivity index (χ1v) is 8.00. The van der Waals surface area contributed by atoms with Gasteiger partial charge in [0.1, 0.15) is 23.9 Å². The minimum Gasteiger partial charge on any atom is -0.506 e. The number of amides is 1. The molecule has 0 unspecified atom stereocenters. The predicted molar refractivity (Wildman–Crippen MR) is 96.9 cm³/mol. The monoisotopic (exact) mass is 368 g/mol. The number of phenols is 1. The number of anilines is 1. The topological polar surface area (TPSA) is 115 Å². The van der Waals surface area contributed by atoms with Gasteiger partial charge in [-0.25, -0.2) is 0 Å². The Labute approximate surface area is 154 Å². The van der Waals surface area contributed by atoms with E-state index in [9.17, 15) is 20.0 Å². The first kappa shape index (κ1) is 18.0. The number of nitro benzene ring substituents is 1. The van der Waals surface area contributed by atoms with E-state index >= 15 is 0 Å². The number of nitrogens with zero attached hydrogens (tertiary/aromatic N) is 1. The fourth-order valence-corrected chi connectivity index (χ4v) is 2.37. The van der Waals surface area contributed by atoms with Crippen LogP contribution in [0.15, 0.2) is 59.0 Å². The second-order valence-corrected chi connectivity index (χ2v) is 5.73. The lowest BCUT2D eigenvalue weighted by molar-refractivity contribution is -0.384. The van der Waals surface area contributed by atoms with Gasteiger partial charge in [-0.05, 0) is 36.8 Å². The highest BCUT2D eigenvalue weighted by Gasteiger charge is 2.16. The van der Waals surface area contributed by atoms with Crippen molar-refractivity contribution in [3.63, 3.8) is 0 Å². The number of carbonyl (C=O) groups is 1. The van der Waals surface area contributed by atoms with Crippen LogP contribution in [-0.4, -0.2) is 15.9 Å². The predicted octanol–water partition coefficient (Wildman–Crippen LogP) is 4.03. The van der Waals surface area contributed by atoms with Crippen LogP contribution in [0.5, 0.6) is 11.5 Å². The minimum atomic E-state index is -0.640. The zero-order chi connectivity index (χ0) is 19.4. The Bertz CT molecular complexity index is 995. The average Bonchev–Trinajstić information content (AvgIpc) is 3.11. The molecule has 3 rings (SSSR count). The molecule has 1 heterocycles. The maximum absolute atomic E-state index is 12.2. The molecule has 0 fully saturated rings. The number of carbonyl (C=O) groups excluding carboxylic acids is 1. The van der Waals surface area contributed by atoms with Crippen molar-refractivity contribution in [1.29, 1.82) is 0 Å². The smallest absolute Gasteiger partial charge is 0.291 e. The van der Waals surface area contributed by atoms with Gasteiger partial charge in [0.2, 0.25) is 0 Å². The van der Waals surface area contributed by atoms with Crippen molar-refractivity contribution in [3.05, 3.63) is 81.8 Å². The van der Waals surface area contributed by atoms with Crippen molar-refractivity contribution >= 4 is 17.3 Å². The van der Waals surface area contributed by atoms with E-state index in [-0.39, 0.29) is 23.7 Å². The maximum Gasteiger partial charge on any atom is 0.291 e. The van der Waals surface area contributed by atoms with E-state index in [0.29, 0.717) is 5.76 Å². The molecule has 0 aliphatic carbocycles. The fraction of sp³-hybridized carbons (Fsp3) is 0.105. The van der Waals surface area contributed by atoms with Crippen molar-refractivity contribution in [2.75, 3.05) is 5.32 Å². The van der Waals surface area contributed by atoms with Gasteiger partial charge in [0.05, 0.1) is 16.7 Å². The molecule has 1 amide bonds. The van der Waals surface area contributed by atoms with E-state index < -0.39 is 16.6 Å². The molecule has 0 saturated carbocycles. The van der Waals surface area contributed by atoms with Crippen molar-refractivity contribution in [1.82, 2.24) is 0 Å². The molecule has 0 bridgehead atoms. The van der Waals surface area contributed by atoms with Crippen LogP contribution in [0.4, 0.5) is 11.4 Å². The van der Waals surface area contributed by atoms with E-state index in [1.54, 1.807) is 6.07 Å². The quantitative estimate of drug-likeness (QED) is 0.385. The highest BCUT2D eigenvalue weighted by molar-refractivity contribution is 6.03. The number of para-hydroxylation sites is 1. The number of phenolic OH excluding ortho intramolecular Hbond substituents is 1. The van der Waals surface area contributed by atoms with Crippen LogP contribution >= 0.6 is 0 Å². The van der Waals surface area contributed by atoms with Crippen LogP contribution in [0.3, 0.4) is 0 Å². The van der Waals surface area contributed by atoms with Gasteiger partial charge >= 0.3 is 0 Å². The van der Waals surface area contributed by atoms with Crippen LogP contribution in [0, 0.1) is 17.0 Å². The van der Waals surface area contributed by atoms with Gasteiger partial charge in [-0.3, -0.25) is 14.9 Å². The zero-order valence-corrected chi connectivity index (χ0v) is 14.3. The van der Waals surface area contributed by atoms with Crippen LogP contribution in [-0.2, 0) is 6.61 Å². The number of ether oxygens (including phenoxy) is 1. The number of furan rings is 1. The summed E-state index contributed by atoms with van der Waals surface area (Å²) in [6.45, 7) is 2.08. The zero-order valence-electron chi connectivity index (χ0n) is 14.3. The van der Waals surface area contributed by atoms with Crippen LogP contribution in [0.25, 0.3) is 0 Å². The summed E-state index contributed by atoms with van der Waals surface area (Å²) in [4.78, 5) is 22.3. The number of hydrogen-bond donors (Lipinski definition) is 2. The summed E-state index contributed by atoms with van der Waals surface area (Å²) >= 11 is 0. The van der Waals surface area contributed by atoms with E-state index in [0.717, 1.165) is 17.4 Å². The molecule has 0 radical (unpaired) electrons. The van der Waals surface area contributed by atoms with Gasteiger partial charge < -0.3 is 19.6 Å². The fourth-order valence-electron chi connectivity index (χ4n) is 2.37. The molecule has 8 nitrogen and oxygen atoms in total. The minimum absolute atomic E-state index is 0.0242. The highest BCUT2D eigenvalue weighted by atomic mass is 16.6. The number of hydrogen-bond acceptors (Lipinski definition) is 6. The number of rotatable bonds is 6. The summed E-state index contributed by atoms with van der Waals surface area (Å²) in [6.07, 6.45) is 0. The SMILES string of the molecule is Cc1ccccc1OCc1ccc(C(=O)Nc2ccc([N+](=O)[O-])cc2O)o1. The molecule has 0 aliphatic heterocycles. The molecule has 138 valence electrons. The lowest BCUT2D eigenvalue weighted by Gasteiger charge is -2.07. The molecule has 3 aromatic rings. The molecule has 2 N–H and O–H groups in total. The normalized spacial score (nSPS) is 10.4. The van der Waals surface area contributed by atoms with E-state index in [1.807, 2.05) is 31.2 Å². The largest absolute Gasteiger partial charge is 0.506 e. The molecule has 8 heteroatoms. The molecule has 1 aromatic heterocycles. The Morgan fingerprint density at radius 2 is 2.00 bits per heavy atom. The number of aromatic hydroxyl groups is 1. The van der Waals surface area contributed by atoms with Gasteiger partial charge in [-0.1, -0.05) is 18.2 Å². The van der Waals surface area contributed by atoms with E-state index in [4.69, 9.17) is 9.15 Å².